The van der Waals surface area contributed by atoms with E-state index >= 15 is 0 Å². The summed E-state index contributed by atoms with van der Waals surface area (Å²) in [5.41, 5.74) is 0.746. The maximum absolute atomic E-state index is 14.6. The molecule has 5 aromatic rings. The van der Waals surface area contributed by atoms with Crippen LogP contribution in [0.15, 0.2) is 27.3 Å². The van der Waals surface area contributed by atoms with Crippen LogP contribution in [0.2, 0.25) is 0 Å². The van der Waals surface area contributed by atoms with Gasteiger partial charge in [0.2, 0.25) is 0 Å². The van der Waals surface area contributed by atoms with Gasteiger partial charge in [0.1, 0.15) is 23.0 Å². The first kappa shape index (κ1) is 37.1. The summed E-state index contributed by atoms with van der Waals surface area (Å²) in [7, 11) is 4.27. The summed E-state index contributed by atoms with van der Waals surface area (Å²) in [4.78, 5) is 67.9. The SMILES string of the molecule is COc1c(NC2CCCCC2C(=O)O)c2c(=O)cc(OC)c3c4c(OC)cc(=O)c5c(O)c(NC6CCCCC6C(=O)O)c6c(c(c1C(C(C)=O)C(C)=C6)c23)c54. The second-order valence-electron chi connectivity index (χ2n) is 15.5. The van der Waals surface area contributed by atoms with Gasteiger partial charge in [-0.2, -0.15) is 0 Å². The predicted octanol–water partition coefficient (Wildman–Crippen LogP) is 6.83. The van der Waals surface area contributed by atoms with Gasteiger partial charge in [-0.1, -0.05) is 37.3 Å². The molecule has 0 aliphatic heterocycles. The van der Waals surface area contributed by atoms with E-state index in [1.165, 1.54) is 40.4 Å². The number of rotatable bonds is 10. The van der Waals surface area contributed by atoms with Crippen molar-refractivity contribution in [3.8, 4) is 23.0 Å². The Morgan fingerprint density at radius 2 is 1.16 bits per heavy atom. The van der Waals surface area contributed by atoms with E-state index in [9.17, 15) is 39.3 Å². The van der Waals surface area contributed by atoms with Gasteiger partial charge in [0.15, 0.2) is 16.6 Å². The van der Waals surface area contributed by atoms with E-state index in [1.807, 2.05) is 0 Å². The van der Waals surface area contributed by atoms with Crippen molar-refractivity contribution >= 4 is 78.3 Å². The second kappa shape index (κ2) is 13.7. The Morgan fingerprint density at radius 3 is 1.66 bits per heavy atom. The topological polar surface area (TPSA) is 198 Å². The Hall–Kier alpha value is -5.85. The number of carbonyl (C=O) groups excluding carboxylic acids is 1. The number of aromatic hydroxyl groups is 1. The number of ether oxygens (including phenoxy) is 3. The standard InChI is InChI=1S/C43H44N2O11/c1-17-14-21-29-34-31(40(49)38(21)44-22-12-8-6-10-19(22)42(50)51)25(48)16-27(55-4)32(34)33-26(54-3)15-24(47)30-36(33)35(29)37(28(17)18(2)46)41(56-5)39(30)45-23-13-9-7-11-20(23)43(52)53/h14-16,19-20,22-23,28,44-45,49H,6-13H2,1-5H3,(H,50,51)(H,52,53). The zero-order valence-corrected chi connectivity index (χ0v) is 31.9. The van der Waals surface area contributed by atoms with Crippen LogP contribution >= 0.6 is 0 Å². The van der Waals surface area contributed by atoms with Crippen LogP contribution in [0.25, 0.3) is 49.2 Å². The number of anilines is 2. The van der Waals surface area contributed by atoms with Crippen LogP contribution in [0.3, 0.4) is 0 Å². The van der Waals surface area contributed by atoms with Crippen LogP contribution in [0.4, 0.5) is 11.4 Å². The summed E-state index contributed by atoms with van der Waals surface area (Å²) in [5, 5.41) is 42.1. The Bertz CT molecular complexity index is 2650. The van der Waals surface area contributed by atoms with E-state index in [4.69, 9.17) is 14.2 Å². The molecule has 0 aromatic heterocycles. The molecule has 5 atom stereocenters. The summed E-state index contributed by atoms with van der Waals surface area (Å²) in [6.07, 6.45) is 6.66. The zero-order valence-electron chi connectivity index (χ0n) is 31.9. The molecule has 0 heterocycles. The predicted molar refractivity (Wildman–Crippen MR) is 214 cm³/mol. The Morgan fingerprint density at radius 1 is 0.661 bits per heavy atom. The maximum Gasteiger partial charge on any atom is 0.308 e. The fourth-order valence-corrected chi connectivity index (χ4v) is 10.1. The number of carboxylic acid groups (broad SMARTS) is 2. The molecule has 8 rings (SSSR count). The molecule has 5 unspecified atom stereocenters. The van der Waals surface area contributed by atoms with Crippen molar-refractivity contribution in [3.05, 3.63) is 49.3 Å². The first-order valence-electron chi connectivity index (χ1n) is 19.1. The molecular weight excluding hydrogens is 720 g/mol. The normalized spacial score (nSPS) is 22.3. The van der Waals surface area contributed by atoms with E-state index in [0.717, 1.165) is 25.7 Å². The second-order valence-corrected chi connectivity index (χ2v) is 15.5. The highest BCUT2D eigenvalue weighted by molar-refractivity contribution is 6.40. The van der Waals surface area contributed by atoms with Gasteiger partial charge in [0, 0.05) is 62.3 Å². The monoisotopic (exact) mass is 764 g/mol. The molecule has 292 valence electrons. The summed E-state index contributed by atoms with van der Waals surface area (Å²) < 4.78 is 18.0. The highest BCUT2D eigenvalue weighted by Crippen LogP contribution is 2.58. The molecule has 0 saturated heterocycles. The molecule has 5 aromatic carbocycles. The molecule has 3 aliphatic carbocycles. The van der Waals surface area contributed by atoms with Crippen molar-refractivity contribution in [2.45, 2.75) is 83.2 Å². The van der Waals surface area contributed by atoms with Gasteiger partial charge in [-0.15, -0.1) is 0 Å². The summed E-state index contributed by atoms with van der Waals surface area (Å²) in [5.74, 6) is -4.55. The quantitative estimate of drug-likeness (QED) is 0.0564. The number of hydrogen-bond acceptors (Lipinski definition) is 11. The number of aliphatic carboxylic acids is 2. The molecule has 0 radical (unpaired) electrons. The van der Waals surface area contributed by atoms with Crippen LogP contribution in [0.5, 0.6) is 23.0 Å². The summed E-state index contributed by atoms with van der Waals surface area (Å²) in [6, 6.07) is 1.44. The molecule has 0 bridgehead atoms. The van der Waals surface area contributed by atoms with Crippen LogP contribution in [-0.4, -0.2) is 66.5 Å². The van der Waals surface area contributed by atoms with E-state index < -0.39 is 52.6 Å². The van der Waals surface area contributed by atoms with Crippen LogP contribution in [0, 0.1) is 11.8 Å². The minimum atomic E-state index is -0.974. The highest BCUT2D eigenvalue weighted by Gasteiger charge is 2.40. The average Bonchev–Trinajstić information content (AvgIpc) is 3.30. The molecule has 0 amide bonds. The number of fused-ring (bicyclic) bond motifs is 1. The van der Waals surface area contributed by atoms with Crippen molar-refractivity contribution in [1.82, 2.24) is 0 Å². The largest absolute Gasteiger partial charge is 0.505 e. The lowest BCUT2D eigenvalue weighted by Crippen LogP contribution is -2.37. The third-order valence-electron chi connectivity index (χ3n) is 12.5. The smallest absolute Gasteiger partial charge is 0.308 e. The molecule has 13 heteroatoms. The Labute approximate surface area is 320 Å². The van der Waals surface area contributed by atoms with Crippen molar-refractivity contribution in [2.24, 2.45) is 11.8 Å². The third kappa shape index (κ3) is 5.30. The van der Waals surface area contributed by atoms with Gasteiger partial charge < -0.3 is 40.2 Å². The number of allylic oxidation sites excluding steroid dienone is 1. The number of Topliss-reactive ketones (excluding diaryl/α,β-unsaturated/α-hetero) is 1. The van der Waals surface area contributed by atoms with Crippen LogP contribution in [-0.2, 0) is 14.4 Å². The lowest BCUT2D eigenvalue weighted by molar-refractivity contribution is -0.144. The fraction of sp³-hybridized carbons (Fsp3) is 0.419. The molecule has 5 N–H and O–H groups in total. The number of hydrogen-bond donors (Lipinski definition) is 5. The first-order chi connectivity index (χ1) is 26.8. The van der Waals surface area contributed by atoms with Gasteiger partial charge >= 0.3 is 11.9 Å². The lowest BCUT2D eigenvalue weighted by Gasteiger charge is -2.33. The Balaban J connectivity index is 1.65. The van der Waals surface area contributed by atoms with Gasteiger partial charge in [0.25, 0.3) is 0 Å². The number of phenolic OH excluding ortho intramolecular Hbond substituents is 1. The number of ketones is 1. The van der Waals surface area contributed by atoms with E-state index in [2.05, 4.69) is 10.6 Å². The molecule has 2 fully saturated rings. The van der Waals surface area contributed by atoms with Crippen molar-refractivity contribution in [3.63, 3.8) is 0 Å². The van der Waals surface area contributed by atoms with Crippen molar-refractivity contribution < 1.29 is 43.9 Å². The van der Waals surface area contributed by atoms with Crippen molar-refractivity contribution in [2.75, 3.05) is 32.0 Å². The number of carbonyl (C=O) groups is 3. The van der Waals surface area contributed by atoms with E-state index in [-0.39, 0.29) is 50.9 Å². The van der Waals surface area contributed by atoms with Crippen molar-refractivity contribution in [1.29, 1.82) is 0 Å². The lowest BCUT2D eigenvalue weighted by atomic mass is 9.79. The average molecular weight is 765 g/mol. The van der Waals surface area contributed by atoms with Crippen LogP contribution < -0.4 is 35.7 Å². The molecule has 13 nitrogen and oxygen atoms in total. The minimum Gasteiger partial charge on any atom is -0.505 e. The zero-order chi connectivity index (χ0) is 39.9. The summed E-state index contributed by atoms with van der Waals surface area (Å²) >= 11 is 0. The molecule has 3 aliphatic rings. The molecule has 56 heavy (non-hydrogen) atoms. The fourth-order valence-electron chi connectivity index (χ4n) is 10.1. The number of methoxy groups -OCH3 is 3. The van der Waals surface area contributed by atoms with Gasteiger partial charge in [-0.05, 0) is 44.9 Å². The van der Waals surface area contributed by atoms with Gasteiger partial charge in [-0.25, -0.2) is 0 Å². The highest BCUT2D eigenvalue weighted by atomic mass is 16.5. The molecule has 0 spiro atoms. The number of nitrogens with one attached hydrogen (secondary N) is 2. The van der Waals surface area contributed by atoms with E-state index in [0.29, 0.717) is 74.7 Å². The molecular formula is C43H44N2O11. The Kier molecular flexibility index (Phi) is 9.08. The molecule has 2 saturated carbocycles. The minimum absolute atomic E-state index is 0.0530. The third-order valence-corrected chi connectivity index (χ3v) is 12.5. The first-order valence-corrected chi connectivity index (χ1v) is 19.1. The van der Waals surface area contributed by atoms with Gasteiger partial charge in [-0.3, -0.25) is 24.0 Å². The maximum atomic E-state index is 14.6. The number of carboxylic acids is 2. The van der Waals surface area contributed by atoms with E-state index in [1.54, 1.807) is 13.0 Å². The number of benzene rings is 5. The van der Waals surface area contributed by atoms with Crippen LogP contribution in [0.1, 0.15) is 82.3 Å². The van der Waals surface area contributed by atoms with Gasteiger partial charge in [0.05, 0.1) is 61.2 Å². The summed E-state index contributed by atoms with van der Waals surface area (Å²) in [6.45, 7) is 3.24. The number of phenols is 1.